The van der Waals surface area contributed by atoms with Crippen LogP contribution in [-0.2, 0) is 9.53 Å². The van der Waals surface area contributed by atoms with Crippen LogP contribution in [-0.4, -0.2) is 24.8 Å². The summed E-state index contributed by atoms with van der Waals surface area (Å²) < 4.78 is 32.8. The first-order chi connectivity index (χ1) is 10.5. The Morgan fingerprint density at radius 3 is 2.41 bits per heavy atom. The number of aryl methyl sites for hydroxylation is 1. The van der Waals surface area contributed by atoms with Crippen molar-refractivity contribution in [3.05, 3.63) is 59.2 Å². The van der Waals surface area contributed by atoms with Crippen molar-refractivity contribution in [2.24, 2.45) is 4.99 Å². The number of halogens is 2. The number of esters is 1. The van der Waals surface area contributed by atoms with Gasteiger partial charge in [-0.05, 0) is 30.2 Å². The molecule has 0 fully saturated rings. The number of ether oxygens (including phenoxy) is 1. The number of carbonyl (C=O) groups is 1. The van der Waals surface area contributed by atoms with E-state index in [1.54, 1.807) is 31.2 Å². The van der Waals surface area contributed by atoms with Crippen LogP contribution in [0.3, 0.4) is 0 Å². The van der Waals surface area contributed by atoms with Crippen molar-refractivity contribution in [2.75, 3.05) is 13.2 Å². The summed E-state index contributed by atoms with van der Waals surface area (Å²) in [5, 5.41) is 0. The van der Waals surface area contributed by atoms with Crippen LogP contribution in [0, 0.1) is 18.6 Å². The molecule has 0 saturated carbocycles. The van der Waals surface area contributed by atoms with Gasteiger partial charge in [0.25, 0.3) is 0 Å². The number of rotatable bonds is 2. The van der Waals surface area contributed by atoms with Crippen LogP contribution in [0.1, 0.15) is 11.1 Å². The second kappa shape index (κ2) is 5.67. The van der Waals surface area contributed by atoms with Crippen LogP contribution in [0.5, 0.6) is 0 Å². The van der Waals surface area contributed by atoms with Gasteiger partial charge in [0.1, 0.15) is 24.8 Å². The lowest BCUT2D eigenvalue weighted by atomic mass is 10.00. The standard InChI is InChI=1S/C17H13F2NO2/c1-10-2-3-11(6-14(10)18)13-5-4-12(7-15(13)19)16-9-22-17(21)8-20-16/h2-7H,8-9H2,1H3. The molecule has 0 unspecified atom stereocenters. The van der Waals surface area contributed by atoms with E-state index in [0.717, 1.165) is 0 Å². The Balaban J connectivity index is 1.95. The van der Waals surface area contributed by atoms with Crippen LogP contribution in [0.25, 0.3) is 11.1 Å². The molecule has 0 saturated heterocycles. The predicted octanol–water partition coefficient (Wildman–Crippen LogP) is 3.29. The molecule has 0 radical (unpaired) electrons. The fourth-order valence-corrected chi connectivity index (χ4v) is 2.26. The largest absolute Gasteiger partial charge is 0.458 e. The van der Waals surface area contributed by atoms with Crippen LogP contribution >= 0.6 is 0 Å². The number of hydrogen-bond acceptors (Lipinski definition) is 3. The average Bonchev–Trinajstić information content (AvgIpc) is 2.51. The smallest absolute Gasteiger partial charge is 0.328 e. The zero-order chi connectivity index (χ0) is 15.7. The highest BCUT2D eigenvalue weighted by atomic mass is 19.1. The van der Waals surface area contributed by atoms with Crippen molar-refractivity contribution < 1.29 is 18.3 Å². The molecule has 0 atom stereocenters. The molecule has 0 aliphatic carbocycles. The second-order valence-corrected chi connectivity index (χ2v) is 5.08. The van der Waals surface area contributed by atoms with Gasteiger partial charge in [-0.15, -0.1) is 0 Å². The van der Waals surface area contributed by atoms with Gasteiger partial charge in [-0.1, -0.05) is 24.3 Å². The molecule has 1 aliphatic rings. The Labute approximate surface area is 126 Å². The van der Waals surface area contributed by atoms with Crippen LogP contribution < -0.4 is 0 Å². The molecule has 1 heterocycles. The third-order valence-electron chi connectivity index (χ3n) is 3.55. The Morgan fingerprint density at radius 1 is 1.05 bits per heavy atom. The molecule has 22 heavy (non-hydrogen) atoms. The highest BCUT2D eigenvalue weighted by molar-refractivity contribution is 6.04. The number of carbonyl (C=O) groups excluding carboxylic acids is 1. The van der Waals surface area contributed by atoms with Crippen molar-refractivity contribution >= 4 is 11.7 Å². The maximum absolute atomic E-state index is 14.3. The number of aliphatic imine (C=N–C) groups is 1. The van der Waals surface area contributed by atoms with Gasteiger partial charge in [0.15, 0.2) is 0 Å². The fraction of sp³-hybridized carbons (Fsp3) is 0.176. The molecule has 1 aliphatic heterocycles. The van der Waals surface area contributed by atoms with Gasteiger partial charge in [0.05, 0.1) is 5.71 Å². The molecular formula is C17H13F2NO2. The Morgan fingerprint density at radius 2 is 1.77 bits per heavy atom. The molecule has 3 rings (SSSR count). The van der Waals surface area contributed by atoms with Gasteiger partial charge in [0.2, 0.25) is 0 Å². The minimum atomic E-state index is -0.472. The normalized spacial score (nSPS) is 14.5. The molecule has 2 aromatic carbocycles. The van der Waals surface area contributed by atoms with Gasteiger partial charge >= 0.3 is 5.97 Å². The quantitative estimate of drug-likeness (QED) is 0.798. The molecule has 112 valence electrons. The lowest BCUT2D eigenvalue weighted by Crippen LogP contribution is -2.23. The van der Waals surface area contributed by atoms with Crippen molar-refractivity contribution in [2.45, 2.75) is 6.92 Å². The third-order valence-corrected chi connectivity index (χ3v) is 3.55. The second-order valence-electron chi connectivity index (χ2n) is 5.08. The molecule has 0 aromatic heterocycles. The van der Waals surface area contributed by atoms with Crippen molar-refractivity contribution in [1.29, 1.82) is 0 Å². The molecule has 0 N–H and O–H groups in total. The maximum atomic E-state index is 14.3. The van der Waals surface area contributed by atoms with Crippen molar-refractivity contribution in [3.63, 3.8) is 0 Å². The van der Waals surface area contributed by atoms with E-state index < -0.39 is 11.8 Å². The summed E-state index contributed by atoms with van der Waals surface area (Å²) in [4.78, 5) is 15.0. The fourth-order valence-electron chi connectivity index (χ4n) is 2.26. The predicted molar refractivity (Wildman–Crippen MR) is 78.9 cm³/mol. The van der Waals surface area contributed by atoms with Crippen LogP contribution in [0.2, 0.25) is 0 Å². The molecule has 3 nitrogen and oxygen atoms in total. The summed E-state index contributed by atoms with van der Waals surface area (Å²) in [5.41, 5.74) is 2.39. The van der Waals surface area contributed by atoms with E-state index in [1.807, 2.05) is 0 Å². The third kappa shape index (κ3) is 2.74. The number of benzene rings is 2. The van der Waals surface area contributed by atoms with Gasteiger partial charge in [-0.25, -0.2) is 8.78 Å². The lowest BCUT2D eigenvalue weighted by molar-refractivity contribution is -0.140. The summed E-state index contributed by atoms with van der Waals surface area (Å²) in [6.07, 6.45) is 0. The Kier molecular flexibility index (Phi) is 3.71. The number of cyclic esters (lactones) is 1. The zero-order valence-corrected chi connectivity index (χ0v) is 11.9. The van der Waals surface area contributed by atoms with Crippen LogP contribution in [0.4, 0.5) is 8.78 Å². The van der Waals surface area contributed by atoms with Crippen molar-refractivity contribution in [1.82, 2.24) is 0 Å². The van der Waals surface area contributed by atoms with Gasteiger partial charge in [0, 0.05) is 11.1 Å². The molecule has 2 aromatic rings. The Hall–Kier alpha value is -2.56. The average molecular weight is 301 g/mol. The number of hydrogen-bond donors (Lipinski definition) is 0. The molecule has 0 amide bonds. The lowest BCUT2D eigenvalue weighted by Gasteiger charge is -2.13. The maximum Gasteiger partial charge on any atom is 0.328 e. The summed E-state index contributed by atoms with van der Waals surface area (Å²) in [5.74, 6) is -1.24. The minimum Gasteiger partial charge on any atom is -0.458 e. The molecule has 0 bridgehead atoms. The summed E-state index contributed by atoms with van der Waals surface area (Å²) in [6.45, 7) is 1.64. The highest BCUT2D eigenvalue weighted by Gasteiger charge is 2.16. The van der Waals surface area contributed by atoms with E-state index in [0.29, 0.717) is 28.0 Å². The van der Waals surface area contributed by atoms with Crippen LogP contribution in [0.15, 0.2) is 41.4 Å². The highest BCUT2D eigenvalue weighted by Crippen LogP contribution is 2.26. The van der Waals surface area contributed by atoms with Gasteiger partial charge < -0.3 is 4.74 Å². The first-order valence-corrected chi connectivity index (χ1v) is 6.80. The van der Waals surface area contributed by atoms with E-state index in [9.17, 15) is 13.6 Å². The Bertz CT molecular complexity index is 784. The molecule has 0 spiro atoms. The number of nitrogens with zero attached hydrogens (tertiary/aromatic N) is 1. The van der Waals surface area contributed by atoms with Gasteiger partial charge in [-0.2, -0.15) is 0 Å². The zero-order valence-electron chi connectivity index (χ0n) is 11.9. The topological polar surface area (TPSA) is 38.7 Å². The molecular weight excluding hydrogens is 288 g/mol. The van der Waals surface area contributed by atoms with E-state index in [4.69, 9.17) is 4.74 Å². The first kappa shape index (κ1) is 14.4. The molecule has 5 heteroatoms. The summed E-state index contributed by atoms with van der Waals surface area (Å²) in [6, 6.07) is 9.19. The van der Waals surface area contributed by atoms with E-state index in [-0.39, 0.29) is 19.0 Å². The minimum absolute atomic E-state index is 0.0385. The van der Waals surface area contributed by atoms with E-state index in [2.05, 4.69) is 4.99 Å². The van der Waals surface area contributed by atoms with Crippen molar-refractivity contribution in [3.8, 4) is 11.1 Å². The first-order valence-electron chi connectivity index (χ1n) is 6.80. The van der Waals surface area contributed by atoms with E-state index >= 15 is 0 Å². The SMILES string of the molecule is Cc1ccc(-c2ccc(C3=NCC(=O)OC3)cc2F)cc1F. The monoisotopic (exact) mass is 301 g/mol. The summed E-state index contributed by atoms with van der Waals surface area (Å²) >= 11 is 0. The van der Waals surface area contributed by atoms with E-state index in [1.165, 1.54) is 12.1 Å². The van der Waals surface area contributed by atoms with Gasteiger partial charge in [-0.3, -0.25) is 9.79 Å². The summed E-state index contributed by atoms with van der Waals surface area (Å²) in [7, 11) is 0.